The van der Waals surface area contributed by atoms with Crippen molar-refractivity contribution in [3.05, 3.63) is 129 Å². The molecule has 2 aliphatic heterocycles. The maximum Gasteiger partial charge on any atom is 0.349 e. The van der Waals surface area contributed by atoms with E-state index in [9.17, 15) is 19.2 Å². The molecule has 10 nitrogen and oxygen atoms in total. The van der Waals surface area contributed by atoms with Crippen molar-refractivity contribution in [1.82, 2.24) is 4.57 Å². The number of benzene rings is 3. The molecule has 0 saturated carbocycles. The fourth-order valence-corrected chi connectivity index (χ4v) is 6.50. The van der Waals surface area contributed by atoms with Gasteiger partial charge in [-0.3, -0.25) is 14.4 Å². The largest absolute Gasteiger partial charge is 0.495 e. The van der Waals surface area contributed by atoms with Gasteiger partial charge < -0.3 is 29.3 Å². The second kappa shape index (κ2) is 11.5. The van der Waals surface area contributed by atoms with Gasteiger partial charge in [0, 0.05) is 48.3 Å². The smallest absolute Gasteiger partial charge is 0.349 e. The van der Waals surface area contributed by atoms with Crippen LogP contribution in [0.15, 0.2) is 105 Å². The van der Waals surface area contributed by atoms with Crippen LogP contribution in [0.4, 0.5) is 17.1 Å². The summed E-state index contributed by atoms with van der Waals surface area (Å²) >= 11 is 0. The standard InChI is InChI=1S/C35H30N4O6/c1-44-31-11-5-3-8-26(31)36-33(41)23-13-14-29(38-18-21-15-24(20-38)28-9-6-12-32(40)39(28)19-21)27(17-23)37-34(42)25-16-22-7-2-4-10-30(22)45-35(25)43/h2-14,16-17,21,24H,15,18-20H2,1H3,(H,36,41)(H,37,42)/t21-,24+/m1/s1. The van der Waals surface area contributed by atoms with Gasteiger partial charge in [-0.15, -0.1) is 0 Å². The third kappa shape index (κ3) is 5.35. The van der Waals surface area contributed by atoms with Crippen LogP contribution in [0.2, 0.25) is 0 Å². The Kier molecular flexibility index (Phi) is 7.17. The number of fused-ring (bicyclic) bond motifs is 5. The van der Waals surface area contributed by atoms with Crippen molar-refractivity contribution in [3.63, 3.8) is 0 Å². The highest BCUT2D eigenvalue weighted by Crippen LogP contribution is 2.39. The fraction of sp³-hybridized carbons (Fsp3) is 0.200. The Labute approximate surface area is 257 Å². The van der Waals surface area contributed by atoms with Crippen LogP contribution >= 0.6 is 0 Å². The predicted molar refractivity (Wildman–Crippen MR) is 172 cm³/mol. The summed E-state index contributed by atoms with van der Waals surface area (Å²) in [5.74, 6) is -0.182. The number of aromatic nitrogens is 1. The number of nitrogens with one attached hydrogen (secondary N) is 2. The Balaban J connectivity index is 1.25. The third-order valence-electron chi connectivity index (χ3n) is 8.57. The summed E-state index contributed by atoms with van der Waals surface area (Å²) in [4.78, 5) is 54.6. The minimum Gasteiger partial charge on any atom is -0.495 e. The Bertz CT molecular complexity index is 2080. The number of rotatable bonds is 6. The molecule has 0 spiro atoms. The molecule has 1 saturated heterocycles. The number of piperidine rings is 1. The summed E-state index contributed by atoms with van der Waals surface area (Å²) in [6.45, 7) is 1.89. The first kappa shape index (κ1) is 28.1. The zero-order chi connectivity index (χ0) is 31.1. The lowest BCUT2D eigenvalue weighted by molar-refractivity contribution is 0.101. The van der Waals surface area contributed by atoms with E-state index >= 15 is 0 Å². The molecule has 2 bridgehead atoms. The van der Waals surface area contributed by atoms with E-state index in [4.69, 9.17) is 9.15 Å². The van der Waals surface area contributed by atoms with Crippen LogP contribution < -0.4 is 31.5 Å². The molecule has 226 valence electrons. The molecule has 7 rings (SSSR count). The van der Waals surface area contributed by atoms with Crippen molar-refractivity contribution in [1.29, 1.82) is 0 Å². The number of nitrogens with zero attached hydrogens (tertiary/aromatic N) is 2. The van der Waals surface area contributed by atoms with Gasteiger partial charge in [-0.25, -0.2) is 4.79 Å². The molecule has 2 aromatic heterocycles. The van der Waals surface area contributed by atoms with Crippen molar-refractivity contribution in [2.75, 3.05) is 35.7 Å². The van der Waals surface area contributed by atoms with E-state index < -0.39 is 17.4 Å². The minimum atomic E-state index is -0.757. The van der Waals surface area contributed by atoms with Gasteiger partial charge in [-0.05, 0) is 60.9 Å². The number of para-hydroxylation sites is 3. The molecule has 0 aliphatic carbocycles. The summed E-state index contributed by atoms with van der Waals surface area (Å²) in [6.07, 6.45) is 0.958. The molecule has 1 fully saturated rings. The zero-order valence-corrected chi connectivity index (χ0v) is 24.5. The van der Waals surface area contributed by atoms with Crippen molar-refractivity contribution in [2.45, 2.75) is 18.9 Å². The first-order valence-electron chi connectivity index (χ1n) is 14.8. The van der Waals surface area contributed by atoms with Gasteiger partial charge >= 0.3 is 5.63 Å². The van der Waals surface area contributed by atoms with Gasteiger partial charge in [0.05, 0.1) is 24.2 Å². The molecule has 0 radical (unpaired) electrons. The number of carbonyl (C=O) groups is 2. The van der Waals surface area contributed by atoms with E-state index in [1.807, 2.05) is 22.8 Å². The average molecular weight is 603 g/mol. The molecule has 2 aliphatic rings. The number of amides is 2. The number of hydrogen-bond acceptors (Lipinski definition) is 7. The molecule has 0 unspecified atom stereocenters. The van der Waals surface area contributed by atoms with E-state index in [1.165, 1.54) is 13.2 Å². The molecule has 4 heterocycles. The topological polar surface area (TPSA) is 123 Å². The van der Waals surface area contributed by atoms with Gasteiger partial charge in [0.2, 0.25) is 0 Å². The lowest BCUT2D eigenvalue weighted by Crippen LogP contribution is -2.47. The fourth-order valence-electron chi connectivity index (χ4n) is 6.50. The van der Waals surface area contributed by atoms with Crippen LogP contribution in [0, 0.1) is 5.92 Å². The quantitative estimate of drug-likeness (QED) is 0.260. The highest BCUT2D eigenvalue weighted by Gasteiger charge is 2.35. The lowest BCUT2D eigenvalue weighted by atomic mass is 9.83. The molecular formula is C35H30N4O6. The van der Waals surface area contributed by atoms with Crippen LogP contribution in [0.3, 0.4) is 0 Å². The van der Waals surface area contributed by atoms with E-state index in [1.54, 1.807) is 66.7 Å². The molecule has 5 aromatic rings. The number of methoxy groups -OCH3 is 1. The normalized spacial score (nSPS) is 17.0. The lowest BCUT2D eigenvalue weighted by Gasteiger charge is -2.44. The van der Waals surface area contributed by atoms with Gasteiger partial charge in [0.1, 0.15) is 16.9 Å². The Morgan fingerprint density at radius 3 is 2.49 bits per heavy atom. The van der Waals surface area contributed by atoms with Crippen molar-refractivity contribution < 1.29 is 18.7 Å². The highest BCUT2D eigenvalue weighted by molar-refractivity contribution is 6.10. The number of hydrogen-bond donors (Lipinski definition) is 2. The van der Waals surface area contributed by atoms with Crippen LogP contribution in [-0.4, -0.2) is 36.6 Å². The number of carbonyl (C=O) groups excluding carboxylic acids is 2. The first-order valence-corrected chi connectivity index (χ1v) is 14.8. The summed E-state index contributed by atoms with van der Waals surface area (Å²) in [5, 5.41) is 6.40. The molecule has 10 heteroatoms. The first-order chi connectivity index (χ1) is 21.9. The monoisotopic (exact) mass is 602 g/mol. The predicted octanol–water partition coefficient (Wildman–Crippen LogP) is 5.09. The Hall–Kier alpha value is -5.64. The maximum absolute atomic E-state index is 13.6. The van der Waals surface area contributed by atoms with Crippen LogP contribution in [-0.2, 0) is 6.54 Å². The number of ether oxygens (including phenoxy) is 1. The summed E-state index contributed by atoms with van der Waals surface area (Å²) in [7, 11) is 1.53. The van der Waals surface area contributed by atoms with Crippen molar-refractivity contribution in [3.8, 4) is 5.75 Å². The van der Waals surface area contributed by atoms with Crippen LogP contribution in [0.1, 0.15) is 38.7 Å². The molecule has 45 heavy (non-hydrogen) atoms. The second-order valence-electron chi connectivity index (χ2n) is 11.4. The molecule has 2 amide bonds. The van der Waals surface area contributed by atoms with Crippen LogP contribution in [0.25, 0.3) is 11.0 Å². The molecule has 2 N–H and O–H groups in total. The van der Waals surface area contributed by atoms with Gasteiger partial charge in [0.15, 0.2) is 0 Å². The third-order valence-corrected chi connectivity index (χ3v) is 8.57. The van der Waals surface area contributed by atoms with Crippen LogP contribution in [0.5, 0.6) is 5.75 Å². The SMILES string of the molecule is COc1ccccc1NC(=O)c1ccc(N2C[C@H]3C[C@@H](C2)c2cccc(=O)n2C3)c(NC(=O)c2cc3ccccc3oc2=O)c1. The van der Waals surface area contributed by atoms with Crippen molar-refractivity contribution >= 4 is 39.8 Å². The van der Waals surface area contributed by atoms with E-state index in [0.29, 0.717) is 59.0 Å². The van der Waals surface area contributed by atoms with E-state index in [2.05, 4.69) is 15.5 Å². The number of pyridine rings is 1. The van der Waals surface area contributed by atoms with Gasteiger partial charge in [-0.2, -0.15) is 0 Å². The zero-order valence-electron chi connectivity index (χ0n) is 24.5. The Morgan fingerprint density at radius 1 is 0.822 bits per heavy atom. The van der Waals surface area contributed by atoms with E-state index in [-0.39, 0.29) is 23.0 Å². The van der Waals surface area contributed by atoms with Gasteiger partial charge in [0.25, 0.3) is 17.4 Å². The number of anilines is 3. The summed E-state index contributed by atoms with van der Waals surface area (Å²) in [5.41, 5.74) is 2.38. The maximum atomic E-state index is 13.6. The average Bonchev–Trinajstić information content (AvgIpc) is 3.05. The summed E-state index contributed by atoms with van der Waals surface area (Å²) < 4.78 is 12.7. The second-order valence-corrected chi connectivity index (χ2v) is 11.4. The summed E-state index contributed by atoms with van der Waals surface area (Å²) in [6, 6.07) is 26.1. The molecule has 3 aromatic carbocycles. The van der Waals surface area contributed by atoms with Crippen molar-refractivity contribution in [2.24, 2.45) is 5.92 Å². The molecule has 2 atom stereocenters. The molecular weight excluding hydrogens is 572 g/mol. The minimum absolute atomic E-state index is 0.00299. The van der Waals surface area contributed by atoms with Gasteiger partial charge in [-0.1, -0.05) is 36.4 Å². The highest BCUT2D eigenvalue weighted by atomic mass is 16.5. The Morgan fingerprint density at radius 2 is 1.62 bits per heavy atom. The van der Waals surface area contributed by atoms with E-state index in [0.717, 1.165) is 12.1 Å².